The normalized spacial score (nSPS) is 37.2. The molecule has 4 aromatic heterocycles. The van der Waals surface area contributed by atoms with Crippen LogP contribution in [0.1, 0.15) is 18.3 Å². The molecule has 0 amide bonds. The number of aliphatic hydroxyl groups excluding tert-OH is 2. The number of nitrogens with zero attached hydrogens (tertiary/aromatic N) is 6. The maximum Gasteiger partial charge on any atom is 0.472 e. The molecule has 0 aromatic carbocycles. The van der Waals surface area contributed by atoms with Gasteiger partial charge in [0.05, 0.1) is 25.9 Å². The van der Waals surface area contributed by atoms with E-state index in [2.05, 4.69) is 29.9 Å². The van der Waals surface area contributed by atoms with Crippen LogP contribution in [-0.4, -0.2) is 109 Å². The topological polar surface area (TPSA) is 324 Å². The monoisotopic (exact) mass is 689 g/mol. The molecule has 46 heavy (non-hydrogen) atoms. The van der Waals surface area contributed by atoms with Crippen molar-refractivity contribution in [2.75, 3.05) is 18.9 Å². The summed E-state index contributed by atoms with van der Waals surface area (Å²) in [5.74, 6) is -0.0557. The third-order valence-corrected chi connectivity index (χ3v) is 9.45. The van der Waals surface area contributed by atoms with E-state index in [4.69, 9.17) is 33.3 Å². The Morgan fingerprint density at radius 2 is 1.28 bits per heavy atom. The largest absolute Gasteiger partial charge is 0.472 e. The lowest BCUT2D eigenvalue weighted by Gasteiger charge is -2.27. The molecule has 0 radical (unpaired) electrons. The van der Waals surface area contributed by atoms with Gasteiger partial charge in [-0.25, -0.2) is 24.1 Å². The number of hydrogen-bond donors (Lipinski definition) is 7. The van der Waals surface area contributed by atoms with Crippen molar-refractivity contribution in [3.8, 4) is 0 Å². The average Bonchev–Trinajstić information content (AvgIpc) is 3.72. The van der Waals surface area contributed by atoms with Crippen molar-refractivity contribution >= 4 is 43.9 Å². The third-order valence-electron chi connectivity index (χ3n) is 7.48. The summed E-state index contributed by atoms with van der Waals surface area (Å²) in [4.78, 5) is 66.6. The number of nitrogen functional groups attached to an aromatic ring is 1. The van der Waals surface area contributed by atoms with Crippen molar-refractivity contribution in [1.82, 2.24) is 39.0 Å². The van der Waals surface area contributed by atoms with Crippen LogP contribution < -0.4 is 16.9 Å². The lowest BCUT2D eigenvalue weighted by molar-refractivity contribution is -0.0664. The number of hydrogen-bond acceptors (Lipinski definition) is 17. The predicted octanol–water partition coefficient (Wildman–Crippen LogP) is -2.32. The van der Waals surface area contributed by atoms with E-state index in [0.717, 1.165) is 17.2 Å². The van der Waals surface area contributed by atoms with Gasteiger partial charge in [0.2, 0.25) is 5.95 Å². The number of aryl methyl sites for hydroxylation is 1. The van der Waals surface area contributed by atoms with Crippen LogP contribution in [0.15, 0.2) is 22.2 Å². The highest BCUT2D eigenvalue weighted by molar-refractivity contribution is 7.47. The Kier molecular flexibility index (Phi) is 7.51. The summed E-state index contributed by atoms with van der Waals surface area (Å²) in [7, 11) is -10.2. The smallest absolute Gasteiger partial charge is 0.386 e. The molecule has 7 heterocycles. The van der Waals surface area contributed by atoms with Gasteiger partial charge in [-0.2, -0.15) is 4.98 Å². The minimum Gasteiger partial charge on any atom is -0.386 e. The molecule has 25 heteroatoms. The van der Waals surface area contributed by atoms with Gasteiger partial charge in [0, 0.05) is 0 Å². The number of H-pyrrole nitrogens is 2. The van der Waals surface area contributed by atoms with Gasteiger partial charge in [0.1, 0.15) is 42.4 Å². The van der Waals surface area contributed by atoms with E-state index in [1.54, 1.807) is 0 Å². The van der Waals surface area contributed by atoms with Crippen LogP contribution in [0.25, 0.3) is 22.3 Å². The zero-order chi connectivity index (χ0) is 32.7. The lowest BCUT2D eigenvalue weighted by atomic mass is 10.1. The summed E-state index contributed by atoms with van der Waals surface area (Å²) in [5.41, 5.74) is 4.01. The van der Waals surface area contributed by atoms with Crippen LogP contribution in [0.3, 0.4) is 0 Å². The Morgan fingerprint density at radius 1 is 0.826 bits per heavy atom. The molecule has 3 aliphatic heterocycles. The number of anilines is 1. The number of rotatable bonds is 2. The Balaban J connectivity index is 1.18. The highest BCUT2D eigenvalue weighted by Crippen LogP contribution is 2.53. The molecule has 0 bridgehead atoms. The lowest BCUT2D eigenvalue weighted by Crippen LogP contribution is -2.39. The Hall–Kier alpha value is -3.44. The molecule has 4 unspecified atom stereocenters. The third kappa shape index (κ3) is 5.39. The van der Waals surface area contributed by atoms with E-state index in [9.17, 15) is 38.7 Å². The fraction of sp³-hybridized carbons (Fsp3) is 0.524. The van der Waals surface area contributed by atoms with E-state index in [1.165, 1.54) is 11.5 Å². The number of fused-ring (bicyclic) bond motifs is 4. The second-order valence-corrected chi connectivity index (χ2v) is 13.3. The highest BCUT2D eigenvalue weighted by atomic mass is 31.2. The first-order valence-electron chi connectivity index (χ1n) is 13.4. The molecule has 0 aliphatic carbocycles. The zero-order valence-electron chi connectivity index (χ0n) is 23.2. The molecule has 10 atom stereocenters. The number of phosphoric acid groups is 2. The van der Waals surface area contributed by atoms with Gasteiger partial charge < -0.3 is 40.2 Å². The quantitative estimate of drug-likeness (QED) is 0.109. The molecule has 0 spiro atoms. The molecular formula is C21H25N9O14P2. The molecule has 3 fully saturated rings. The SMILES string of the molecule is Cc1nc2c(ncn2[C@@H]2O[C@@H]3COP(=O)(O)O[C@@H]4C(O)[C@H](n5cnc6c(=O)[nH]c(N)nc65)O[C@@H]4COP(=O)(O)O[C@@H]3C2O)c(=O)[nH]1. The van der Waals surface area contributed by atoms with E-state index >= 15 is 0 Å². The fourth-order valence-corrected chi connectivity index (χ4v) is 7.41. The maximum atomic E-state index is 13.1. The molecule has 3 aliphatic rings. The van der Waals surface area contributed by atoms with Gasteiger partial charge in [-0.3, -0.25) is 41.8 Å². The zero-order valence-corrected chi connectivity index (χ0v) is 25.0. The first-order valence-corrected chi connectivity index (χ1v) is 16.3. The maximum absolute atomic E-state index is 13.1. The average molecular weight is 689 g/mol. The van der Waals surface area contributed by atoms with Gasteiger partial charge in [-0.05, 0) is 6.92 Å². The number of ether oxygens (including phenoxy) is 2. The minimum absolute atomic E-state index is 0.00445. The van der Waals surface area contributed by atoms with Gasteiger partial charge >= 0.3 is 15.6 Å². The van der Waals surface area contributed by atoms with Crippen LogP contribution in [0, 0.1) is 6.92 Å². The van der Waals surface area contributed by atoms with Crippen LogP contribution in [-0.2, 0) is 36.7 Å². The van der Waals surface area contributed by atoms with E-state index in [0.29, 0.717) is 0 Å². The Bertz CT molecular complexity index is 1900. The second kappa shape index (κ2) is 11.1. The van der Waals surface area contributed by atoms with E-state index in [-0.39, 0.29) is 34.1 Å². The summed E-state index contributed by atoms with van der Waals surface area (Å²) < 4.78 is 60.8. The second-order valence-electron chi connectivity index (χ2n) is 10.5. The van der Waals surface area contributed by atoms with Crippen molar-refractivity contribution in [3.63, 3.8) is 0 Å². The Morgan fingerprint density at radius 3 is 1.78 bits per heavy atom. The molecule has 3 saturated heterocycles. The number of aromatic nitrogens is 8. The first kappa shape index (κ1) is 31.2. The molecule has 7 rings (SSSR count). The van der Waals surface area contributed by atoms with E-state index < -0.39 is 89.1 Å². The summed E-state index contributed by atoms with van der Waals surface area (Å²) >= 11 is 0. The molecule has 23 nitrogen and oxygen atoms in total. The molecule has 8 N–H and O–H groups in total. The predicted molar refractivity (Wildman–Crippen MR) is 147 cm³/mol. The van der Waals surface area contributed by atoms with Gasteiger partial charge in [0.25, 0.3) is 11.1 Å². The van der Waals surface area contributed by atoms with Crippen LogP contribution in [0.4, 0.5) is 5.95 Å². The fourth-order valence-electron chi connectivity index (χ4n) is 5.48. The standard InChI is InChI=1S/C21H25N9O14P2/c1-6-25-15-9(17(33)26-6)23-4-29(15)19-11(31)13-7(41-19)2-39-46(37,38)44-14-8(3-40-45(35,36)43-13)42-20(12(14)32)30-5-24-10-16(30)27-21(22)28-18(10)34/h4-5,7-8,11-14,19-20,31-32H,2-3H2,1H3,(H,35,36)(H,37,38)(H,25,26,33)(H3,22,27,28,34)/t7-,8-,11?,12?,13+,14+,19-,20-/m1/s1. The minimum atomic E-state index is -5.08. The van der Waals surface area contributed by atoms with Gasteiger partial charge in [-0.1, -0.05) is 0 Å². The van der Waals surface area contributed by atoms with Crippen LogP contribution in [0.5, 0.6) is 0 Å². The number of phosphoric ester groups is 2. The molecule has 0 saturated carbocycles. The summed E-state index contributed by atoms with van der Waals surface area (Å²) in [5, 5.41) is 22.3. The summed E-state index contributed by atoms with van der Waals surface area (Å²) in [6.07, 6.45) is -10.6. The summed E-state index contributed by atoms with van der Waals surface area (Å²) in [6, 6.07) is 0. The van der Waals surface area contributed by atoms with Crippen molar-refractivity contribution < 1.29 is 56.7 Å². The van der Waals surface area contributed by atoms with Crippen molar-refractivity contribution in [2.24, 2.45) is 0 Å². The van der Waals surface area contributed by atoms with Gasteiger partial charge in [0.15, 0.2) is 34.8 Å². The molecular weight excluding hydrogens is 664 g/mol. The molecule has 248 valence electrons. The first-order chi connectivity index (χ1) is 21.7. The number of aliphatic hydroxyl groups is 2. The van der Waals surface area contributed by atoms with Crippen molar-refractivity contribution in [3.05, 3.63) is 39.2 Å². The number of imidazole rings is 2. The summed E-state index contributed by atoms with van der Waals surface area (Å²) in [6.45, 7) is -0.192. The highest BCUT2D eigenvalue weighted by Gasteiger charge is 2.54. The van der Waals surface area contributed by atoms with Crippen LogP contribution in [0.2, 0.25) is 0 Å². The van der Waals surface area contributed by atoms with Gasteiger partial charge in [-0.15, -0.1) is 0 Å². The van der Waals surface area contributed by atoms with E-state index in [1.807, 2.05) is 0 Å². The van der Waals surface area contributed by atoms with Crippen LogP contribution >= 0.6 is 15.6 Å². The Labute approximate surface area is 254 Å². The van der Waals surface area contributed by atoms with Crippen molar-refractivity contribution in [1.29, 1.82) is 0 Å². The number of nitrogens with one attached hydrogen (secondary N) is 2. The molecule has 4 aromatic rings. The number of aromatic amines is 2. The van der Waals surface area contributed by atoms with Crippen molar-refractivity contribution in [2.45, 2.75) is 56.0 Å². The number of nitrogens with two attached hydrogens (primary N) is 1.